The minimum Gasteiger partial charge on any atom is -0.492 e. The molecule has 1 aromatic rings. The number of ether oxygens (including phenoxy) is 2. The fourth-order valence-corrected chi connectivity index (χ4v) is 2.71. The molecule has 0 unspecified atom stereocenters. The number of aliphatic hydroxyl groups is 1. The molecule has 0 aromatic heterocycles. The van der Waals surface area contributed by atoms with E-state index in [0.717, 1.165) is 50.5 Å². The van der Waals surface area contributed by atoms with Crippen LogP contribution in [-0.2, 0) is 11.3 Å². The third kappa shape index (κ3) is 4.87. The minimum absolute atomic E-state index is 0.156. The van der Waals surface area contributed by atoms with Gasteiger partial charge in [-0.2, -0.15) is 0 Å². The molecular weight excluding hydrogens is 280 g/mol. The topological polar surface area (TPSA) is 54.0 Å². The van der Waals surface area contributed by atoms with Gasteiger partial charge in [0.2, 0.25) is 0 Å². The lowest BCUT2D eigenvalue weighted by Crippen LogP contribution is -2.36. The Morgan fingerprint density at radius 2 is 2.09 bits per heavy atom. The molecule has 5 nitrogen and oxygen atoms in total. The second kappa shape index (κ2) is 8.98. The molecule has 5 heteroatoms. The number of piperidine rings is 1. The molecule has 124 valence electrons. The number of hydrogen-bond acceptors (Lipinski definition) is 5. The van der Waals surface area contributed by atoms with Crippen molar-refractivity contribution in [2.45, 2.75) is 32.4 Å². The van der Waals surface area contributed by atoms with Crippen LogP contribution in [0, 0.1) is 0 Å². The molecule has 1 heterocycles. The van der Waals surface area contributed by atoms with Gasteiger partial charge in [0.15, 0.2) is 0 Å². The number of rotatable bonds is 8. The summed E-state index contributed by atoms with van der Waals surface area (Å²) in [5, 5.41) is 13.0. The van der Waals surface area contributed by atoms with Gasteiger partial charge in [-0.25, -0.2) is 0 Å². The number of nitrogens with zero attached hydrogens (tertiary/aromatic N) is 1. The van der Waals surface area contributed by atoms with Crippen LogP contribution in [0.2, 0.25) is 0 Å². The molecule has 22 heavy (non-hydrogen) atoms. The molecule has 0 bridgehead atoms. The van der Waals surface area contributed by atoms with E-state index in [1.54, 1.807) is 7.11 Å². The summed E-state index contributed by atoms with van der Waals surface area (Å²) in [5.41, 5.74) is 2.34. The Kier molecular flexibility index (Phi) is 6.96. The Balaban J connectivity index is 2.03. The second-order valence-electron chi connectivity index (χ2n) is 5.62. The van der Waals surface area contributed by atoms with Crippen LogP contribution in [0.15, 0.2) is 18.2 Å². The van der Waals surface area contributed by atoms with Crippen molar-refractivity contribution in [2.75, 3.05) is 44.9 Å². The van der Waals surface area contributed by atoms with E-state index in [1.165, 1.54) is 5.56 Å². The number of benzene rings is 1. The van der Waals surface area contributed by atoms with Crippen molar-refractivity contribution in [3.8, 4) is 5.75 Å². The molecule has 1 aliphatic heterocycles. The fraction of sp³-hybridized carbons (Fsp3) is 0.647. The standard InChI is InChI=1S/C17H28N2O3/c1-3-22-17-12-14(13-18-8-11-21-2)4-5-16(17)19-9-6-15(20)7-10-19/h4-5,12,15,18,20H,3,6-11,13H2,1-2H3. The number of nitrogens with one attached hydrogen (secondary N) is 1. The first kappa shape index (κ1) is 17.1. The van der Waals surface area contributed by atoms with Gasteiger partial charge in [0, 0.05) is 33.3 Å². The van der Waals surface area contributed by atoms with E-state index in [0.29, 0.717) is 13.2 Å². The third-order valence-corrected chi connectivity index (χ3v) is 3.94. The van der Waals surface area contributed by atoms with Crippen LogP contribution in [0.25, 0.3) is 0 Å². The highest BCUT2D eigenvalue weighted by atomic mass is 16.5. The predicted octanol–water partition coefficient (Wildman–Crippen LogP) is 1.78. The normalized spacial score (nSPS) is 16.0. The lowest BCUT2D eigenvalue weighted by atomic mass is 10.1. The quantitative estimate of drug-likeness (QED) is 0.717. The zero-order valence-electron chi connectivity index (χ0n) is 13.7. The fourth-order valence-electron chi connectivity index (χ4n) is 2.71. The van der Waals surface area contributed by atoms with Crippen molar-refractivity contribution in [1.82, 2.24) is 5.32 Å². The molecular formula is C17H28N2O3. The van der Waals surface area contributed by atoms with Gasteiger partial charge in [0.05, 0.1) is 25.0 Å². The highest BCUT2D eigenvalue weighted by Gasteiger charge is 2.20. The Hall–Kier alpha value is -1.30. The maximum absolute atomic E-state index is 9.66. The Morgan fingerprint density at radius 3 is 2.77 bits per heavy atom. The van der Waals surface area contributed by atoms with Crippen LogP contribution in [0.1, 0.15) is 25.3 Å². The molecule has 1 fully saturated rings. The molecule has 1 aliphatic rings. The van der Waals surface area contributed by atoms with Crippen LogP contribution in [0.3, 0.4) is 0 Å². The van der Waals surface area contributed by atoms with E-state index in [4.69, 9.17) is 9.47 Å². The van der Waals surface area contributed by atoms with Gasteiger partial charge in [-0.15, -0.1) is 0 Å². The highest BCUT2D eigenvalue weighted by molar-refractivity contribution is 5.60. The van der Waals surface area contributed by atoms with Crippen molar-refractivity contribution in [3.63, 3.8) is 0 Å². The summed E-state index contributed by atoms with van der Waals surface area (Å²) >= 11 is 0. The summed E-state index contributed by atoms with van der Waals surface area (Å²) in [5.74, 6) is 0.935. The van der Waals surface area contributed by atoms with Crippen molar-refractivity contribution in [1.29, 1.82) is 0 Å². The van der Waals surface area contributed by atoms with E-state index in [9.17, 15) is 5.11 Å². The van der Waals surface area contributed by atoms with Crippen LogP contribution in [-0.4, -0.2) is 51.2 Å². The molecule has 0 radical (unpaired) electrons. The monoisotopic (exact) mass is 308 g/mol. The maximum atomic E-state index is 9.66. The highest BCUT2D eigenvalue weighted by Crippen LogP contribution is 2.31. The first-order chi connectivity index (χ1) is 10.7. The zero-order chi connectivity index (χ0) is 15.8. The largest absolute Gasteiger partial charge is 0.492 e. The van der Waals surface area contributed by atoms with Gasteiger partial charge < -0.3 is 24.8 Å². The molecule has 0 saturated carbocycles. The average molecular weight is 308 g/mol. The van der Waals surface area contributed by atoms with Gasteiger partial charge in [-0.1, -0.05) is 6.07 Å². The Bertz CT molecular complexity index is 446. The summed E-state index contributed by atoms with van der Waals surface area (Å²) in [6.07, 6.45) is 1.49. The lowest BCUT2D eigenvalue weighted by molar-refractivity contribution is 0.145. The molecule has 0 aliphatic carbocycles. The summed E-state index contributed by atoms with van der Waals surface area (Å²) in [6.45, 7) is 6.79. The van der Waals surface area contributed by atoms with E-state index < -0.39 is 0 Å². The molecule has 1 saturated heterocycles. The average Bonchev–Trinajstić information content (AvgIpc) is 2.53. The third-order valence-electron chi connectivity index (χ3n) is 3.94. The molecule has 0 amide bonds. The summed E-state index contributed by atoms with van der Waals surface area (Å²) < 4.78 is 10.9. The summed E-state index contributed by atoms with van der Waals surface area (Å²) in [6, 6.07) is 6.39. The Labute approximate surface area is 133 Å². The predicted molar refractivity (Wildman–Crippen MR) is 88.6 cm³/mol. The number of hydrogen-bond donors (Lipinski definition) is 2. The van der Waals surface area contributed by atoms with Crippen molar-refractivity contribution < 1.29 is 14.6 Å². The van der Waals surface area contributed by atoms with Crippen molar-refractivity contribution >= 4 is 5.69 Å². The van der Waals surface area contributed by atoms with E-state index >= 15 is 0 Å². The molecule has 2 N–H and O–H groups in total. The first-order valence-corrected chi connectivity index (χ1v) is 8.13. The second-order valence-corrected chi connectivity index (χ2v) is 5.62. The molecule has 1 aromatic carbocycles. The number of methoxy groups -OCH3 is 1. The number of aliphatic hydroxyl groups excluding tert-OH is 1. The molecule has 2 rings (SSSR count). The van der Waals surface area contributed by atoms with E-state index in [-0.39, 0.29) is 6.10 Å². The van der Waals surface area contributed by atoms with Gasteiger partial charge in [-0.3, -0.25) is 0 Å². The first-order valence-electron chi connectivity index (χ1n) is 8.13. The lowest BCUT2D eigenvalue weighted by Gasteiger charge is -2.32. The van der Waals surface area contributed by atoms with Gasteiger partial charge in [0.25, 0.3) is 0 Å². The smallest absolute Gasteiger partial charge is 0.142 e. The van der Waals surface area contributed by atoms with Crippen LogP contribution >= 0.6 is 0 Å². The van der Waals surface area contributed by atoms with E-state index in [2.05, 4.69) is 28.4 Å². The van der Waals surface area contributed by atoms with Gasteiger partial charge in [-0.05, 0) is 37.5 Å². The SMILES string of the molecule is CCOc1cc(CNCCOC)ccc1N1CCC(O)CC1. The molecule has 0 spiro atoms. The van der Waals surface area contributed by atoms with Crippen LogP contribution in [0.5, 0.6) is 5.75 Å². The summed E-state index contributed by atoms with van der Waals surface area (Å²) in [4.78, 5) is 2.31. The van der Waals surface area contributed by atoms with Crippen LogP contribution in [0.4, 0.5) is 5.69 Å². The van der Waals surface area contributed by atoms with Gasteiger partial charge in [0.1, 0.15) is 5.75 Å². The van der Waals surface area contributed by atoms with Gasteiger partial charge >= 0.3 is 0 Å². The number of anilines is 1. The molecule has 0 atom stereocenters. The van der Waals surface area contributed by atoms with Crippen molar-refractivity contribution in [3.05, 3.63) is 23.8 Å². The summed E-state index contributed by atoms with van der Waals surface area (Å²) in [7, 11) is 1.71. The zero-order valence-corrected chi connectivity index (χ0v) is 13.7. The van der Waals surface area contributed by atoms with Crippen LogP contribution < -0.4 is 15.0 Å². The Morgan fingerprint density at radius 1 is 1.32 bits per heavy atom. The van der Waals surface area contributed by atoms with Crippen molar-refractivity contribution in [2.24, 2.45) is 0 Å². The van der Waals surface area contributed by atoms with E-state index in [1.807, 2.05) is 6.92 Å². The maximum Gasteiger partial charge on any atom is 0.142 e. The minimum atomic E-state index is -0.156.